The molecule has 0 radical (unpaired) electrons. The molecule has 1 N–H and O–H groups in total. The van der Waals surface area contributed by atoms with Gasteiger partial charge in [-0.1, -0.05) is 18.2 Å². The number of halogens is 3. The van der Waals surface area contributed by atoms with Gasteiger partial charge in [0.05, 0.1) is 17.2 Å². The summed E-state index contributed by atoms with van der Waals surface area (Å²) >= 11 is 0. The number of carbonyl (C=O) groups is 2. The Morgan fingerprint density at radius 3 is 2.42 bits per heavy atom. The number of amides is 2. The van der Waals surface area contributed by atoms with Gasteiger partial charge in [-0.05, 0) is 73.2 Å². The molecule has 5 rings (SSSR count). The van der Waals surface area contributed by atoms with Crippen molar-refractivity contribution in [3.8, 4) is 0 Å². The standard InChI is InChI=1S/C29H29F3N4O2/c1-35(21-12-16-36(17-13-21)22-10-14-33-15-11-22)28(38)20-6-8-23-19(18-20)7-9-26(23)34-27(37)24-4-2-3-5-25(24)29(30,31)32/h2-6,8,10-11,14-15,18,21,26H,7,9,12-13,16-17H2,1H3,(H,34,37). The van der Waals surface area contributed by atoms with Crippen molar-refractivity contribution in [1.82, 2.24) is 15.2 Å². The van der Waals surface area contributed by atoms with Crippen LogP contribution in [0.2, 0.25) is 0 Å². The molecule has 3 aromatic rings. The number of hydrogen-bond acceptors (Lipinski definition) is 4. The van der Waals surface area contributed by atoms with Crippen molar-refractivity contribution in [1.29, 1.82) is 0 Å². The molecule has 1 unspecified atom stereocenters. The lowest BCUT2D eigenvalue weighted by Gasteiger charge is -2.37. The van der Waals surface area contributed by atoms with E-state index in [1.54, 1.807) is 18.5 Å². The zero-order chi connectivity index (χ0) is 26.9. The van der Waals surface area contributed by atoms with Crippen molar-refractivity contribution in [3.63, 3.8) is 0 Å². The van der Waals surface area contributed by atoms with Gasteiger partial charge in [-0.25, -0.2) is 0 Å². The Labute approximate surface area is 219 Å². The third-order valence-electron chi connectivity index (χ3n) is 7.61. The van der Waals surface area contributed by atoms with Crippen molar-refractivity contribution in [2.45, 2.75) is 43.9 Å². The summed E-state index contributed by atoms with van der Waals surface area (Å²) in [5.41, 5.74) is 2.15. The number of pyridine rings is 1. The molecule has 0 bridgehead atoms. The monoisotopic (exact) mass is 522 g/mol. The number of anilines is 1. The van der Waals surface area contributed by atoms with Gasteiger partial charge in [0.25, 0.3) is 11.8 Å². The fourth-order valence-electron chi connectivity index (χ4n) is 5.50. The Hall–Kier alpha value is -3.88. The molecule has 2 amide bonds. The average Bonchev–Trinajstić information content (AvgIpc) is 3.34. The summed E-state index contributed by atoms with van der Waals surface area (Å²) in [6.07, 6.45) is 1.88. The molecule has 38 heavy (non-hydrogen) atoms. The Morgan fingerprint density at radius 1 is 1.00 bits per heavy atom. The van der Waals surface area contributed by atoms with Crippen LogP contribution in [0.1, 0.15) is 62.7 Å². The maximum atomic E-state index is 13.4. The molecule has 9 heteroatoms. The van der Waals surface area contributed by atoms with Crippen LogP contribution in [-0.4, -0.2) is 47.9 Å². The number of alkyl halides is 3. The van der Waals surface area contributed by atoms with Crippen LogP contribution in [0.25, 0.3) is 0 Å². The zero-order valence-electron chi connectivity index (χ0n) is 21.0. The number of fused-ring (bicyclic) bond motifs is 1. The van der Waals surface area contributed by atoms with Gasteiger partial charge in [0.15, 0.2) is 0 Å². The second-order valence-corrected chi connectivity index (χ2v) is 9.86. The molecule has 2 aliphatic rings. The van der Waals surface area contributed by atoms with Gasteiger partial charge in [-0.2, -0.15) is 13.2 Å². The molecule has 1 aliphatic carbocycles. The number of aromatic nitrogens is 1. The zero-order valence-corrected chi connectivity index (χ0v) is 21.0. The minimum Gasteiger partial charge on any atom is -0.371 e. The number of aryl methyl sites for hydroxylation is 1. The van der Waals surface area contributed by atoms with E-state index in [0.717, 1.165) is 48.8 Å². The van der Waals surface area contributed by atoms with E-state index in [2.05, 4.69) is 15.2 Å². The predicted molar refractivity (Wildman–Crippen MR) is 138 cm³/mol. The van der Waals surface area contributed by atoms with E-state index in [1.165, 1.54) is 18.2 Å². The predicted octanol–water partition coefficient (Wildman–Crippen LogP) is 5.26. The summed E-state index contributed by atoms with van der Waals surface area (Å²) < 4.78 is 40.1. The van der Waals surface area contributed by atoms with Crippen LogP contribution in [0.15, 0.2) is 67.0 Å². The number of carbonyl (C=O) groups excluding carboxylic acids is 2. The first-order valence-corrected chi connectivity index (χ1v) is 12.7. The lowest BCUT2D eigenvalue weighted by Crippen LogP contribution is -2.45. The fraction of sp³-hybridized carbons (Fsp3) is 0.345. The van der Waals surface area contributed by atoms with Crippen molar-refractivity contribution in [2.75, 3.05) is 25.0 Å². The highest BCUT2D eigenvalue weighted by Gasteiger charge is 2.36. The second kappa shape index (κ2) is 10.5. The van der Waals surface area contributed by atoms with E-state index < -0.39 is 29.3 Å². The highest BCUT2D eigenvalue weighted by atomic mass is 19.4. The maximum absolute atomic E-state index is 13.4. The molecule has 2 heterocycles. The highest BCUT2D eigenvalue weighted by molar-refractivity contribution is 5.96. The molecular formula is C29H29F3N4O2. The quantitative estimate of drug-likeness (QED) is 0.497. The third-order valence-corrected chi connectivity index (χ3v) is 7.61. The molecule has 1 aromatic heterocycles. The van der Waals surface area contributed by atoms with Gasteiger partial charge < -0.3 is 15.1 Å². The number of rotatable bonds is 5. The van der Waals surface area contributed by atoms with Crippen molar-refractivity contribution < 1.29 is 22.8 Å². The summed E-state index contributed by atoms with van der Waals surface area (Å²) in [5.74, 6) is -0.810. The molecule has 0 spiro atoms. The largest absolute Gasteiger partial charge is 0.417 e. The van der Waals surface area contributed by atoms with Crippen LogP contribution in [-0.2, 0) is 12.6 Å². The molecule has 0 saturated carbocycles. The van der Waals surface area contributed by atoms with Crippen molar-refractivity contribution in [3.05, 3.63) is 94.8 Å². The Bertz CT molecular complexity index is 1320. The van der Waals surface area contributed by atoms with E-state index in [0.29, 0.717) is 18.4 Å². The normalized spacial score (nSPS) is 17.7. The van der Waals surface area contributed by atoms with E-state index in [9.17, 15) is 22.8 Å². The SMILES string of the molecule is CN(C(=O)c1ccc2c(c1)CCC2NC(=O)c1ccccc1C(F)(F)F)C1CCN(c2ccncc2)CC1. The number of nitrogens with one attached hydrogen (secondary N) is 1. The van der Waals surface area contributed by atoms with Crippen LogP contribution in [0.5, 0.6) is 0 Å². The van der Waals surface area contributed by atoms with Crippen molar-refractivity contribution in [2.24, 2.45) is 0 Å². The van der Waals surface area contributed by atoms with Crippen LogP contribution in [0, 0.1) is 0 Å². The Balaban J connectivity index is 1.23. The van der Waals surface area contributed by atoms with Crippen LogP contribution < -0.4 is 10.2 Å². The number of piperidine rings is 1. The molecule has 1 aliphatic heterocycles. The first-order valence-electron chi connectivity index (χ1n) is 12.7. The van der Waals surface area contributed by atoms with Gasteiger partial charge in [0.1, 0.15) is 0 Å². The third kappa shape index (κ3) is 5.23. The van der Waals surface area contributed by atoms with E-state index >= 15 is 0 Å². The van der Waals surface area contributed by atoms with Crippen LogP contribution in [0.4, 0.5) is 18.9 Å². The summed E-state index contributed by atoms with van der Waals surface area (Å²) in [7, 11) is 1.84. The maximum Gasteiger partial charge on any atom is 0.417 e. The van der Waals surface area contributed by atoms with E-state index in [1.807, 2.05) is 36.2 Å². The lowest BCUT2D eigenvalue weighted by molar-refractivity contribution is -0.137. The van der Waals surface area contributed by atoms with Gasteiger partial charge in [-0.3, -0.25) is 14.6 Å². The molecule has 6 nitrogen and oxygen atoms in total. The smallest absolute Gasteiger partial charge is 0.371 e. The van der Waals surface area contributed by atoms with Gasteiger partial charge in [0.2, 0.25) is 0 Å². The van der Waals surface area contributed by atoms with E-state index in [4.69, 9.17) is 0 Å². The van der Waals surface area contributed by atoms with Crippen molar-refractivity contribution >= 4 is 17.5 Å². The molecule has 198 valence electrons. The minimum absolute atomic E-state index is 0.0539. The lowest BCUT2D eigenvalue weighted by atomic mass is 10.00. The second-order valence-electron chi connectivity index (χ2n) is 9.86. The minimum atomic E-state index is -4.61. The Morgan fingerprint density at radius 2 is 1.71 bits per heavy atom. The summed E-state index contributed by atoms with van der Waals surface area (Å²) in [6, 6.07) is 13.9. The molecule has 1 fully saturated rings. The number of benzene rings is 2. The van der Waals surface area contributed by atoms with Crippen LogP contribution in [0.3, 0.4) is 0 Å². The molecule has 1 atom stereocenters. The number of hydrogen-bond donors (Lipinski definition) is 1. The van der Waals surface area contributed by atoms with Crippen LogP contribution >= 0.6 is 0 Å². The van der Waals surface area contributed by atoms with Gasteiger partial charge in [-0.15, -0.1) is 0 Å². The summed E-state index contributed by atoms with van der Waals surface area (Å²) in [4.78, 5) is 34.2. The topological polar surface area (TPSA) is 65.5 Å². The summed E-state index contributed by atoms with van der Waals surface area (Å²) in [5, 5.41) is 2.76. The van der Waals surface area contributed by atoms with Gasteiger partial charge in [0, 0.05) is 49.8 Å². The highest BCUT2D eigenvalue weighted by Crippen LogP contribution is 2.35. The van der Waals surface area contributed by atoms with E-state index in [-0.39, 0.29) is 11.9 Å². The number of nitrogens with zero attached hydrogens (tertiary/aromatic N) is 3. The molecule has 2 aromatic carbocycles. The van der Waals surface area contributed by atoms with Gasteiger partial charge >= 0.3 is 6.18 Å². The first-order chi connectivity index (χ1) is 18.2. The molecular weight excluding hydrogens is 493 g/mol. The Kier molecular flexibility index (Phi) is 7.10. The first kappa shape index (κ1) is 25.8. The average molecular weight is 523 g/mol. The fourth-order valence-corrected chi connectivity index (χ4v) is 5.50. The summed E-state index contributed by atoms with van der Waals surface area (Å²) in [6.45, 7) is 1.71. The molecule has 1 saturated heterocycles.